The predicted molar refractivity (Wildman–Crippen MR) is 100 cm³/mol. The third kappa shape index (κ3) is 2.58. The second kappa shape index (κ2) is 6.75. The van der Waals surface area contributed by atoms with Crippen LogP contribution in [-0.2, 0) is 13.0 Å². The maximum absolute atomic E-state index is 12.7. The van der Waals surface area contributed by atoms with Gasteiger partial charge in [0.1, 0.15) is 0 Å². The Morgan fingerprint density at radius 1 is 1.43 bits per heavy atom. The van der Waals surface area contributed by atoms with Crippen molar-refractivity contribution in [3.8, 4) is 23.1 Å². The molecule has 28 heavy (non-hydrogen) atoms. The number of fused-ring (bicyclic) bond motifs is 2. The molecule has 0 unspecified atom stereocenters. The number of nitrogens with zero attached hydrogens (tertiary/aromatic N) is 2. The summed E-state index contributed by atoms with van der Waals surface area (Å²) in [6.07, 6.45) is 2.15. The number of aromatic nitrogens is 2. The summed E-state index contributed by atoms with van der Waals surface area (Å²) in [4.78, 5) is 29.0. The molecule has 2 aliphatic heterocycles. The summed E-state index contributed by atoms with van der Waals surface area (Å²) in [5.41, 5.74) is 0.414. The molecule has 0 saturated carbocycles. The first-order chi connectivity index (χ1) is 13.5. The van der Waals surface area contributed by atoms with Crippen LogP contribution >= 0.6 is 0 Å². The van der Waals surface area contributed by atoms with Gasteiger partial charge >= 0.3 is 5.69 Å². The molecule has 9 nitrogen and oxygen atoms in total. The molecule has 2 aliphatic rings. The minimum Gasteiger partial charge on any atom is -0.494 e. The number of ether oxygens (including phenoxy) is 3. The topological polar surface area (TPSA) is 106 Å². The summed E-state index contributed by atoms with van der Waals surface area (Å²) in [6, 6.07) is 1.22. The maximum Gasteiger partial charge on any atom is 0.331 e. The molecule has 1 atom stereocenters. The van der Waals surface area contributed by atoms with E-state index < -0.39 is 17.3 Å². The second-order valence-corrected chi connectivity index (χ2v) is 6.74. The van der Waals surface area contributed by atoms with Gasteiger partial charge < -0.3 is 19.3 Å². The van der Waals surface area contributed by atoms with Crippen LogP contribution in [0.15, 0.2) is 28.3 Å². The van der Waals surface area contributed by atoms with Crippen LogP contribution in [0, 0.1) is 0 Å². The van der Waals surface area contributed by atoms with Crippen molar-refractivity contribution >= 4 is 0 Å². The van der Waals surface area contributed by atoms with Crippen molar-refractivity contribution in [2.24, 2.45) is 0 Å². The Balaban J connectivity index is 1.99. The number of benzene rings is 1. The molecule has 0 fully saturated rings. The molecule has 0 bridgehead atoms. The Kier molecular flexibility index (Phi) is 4.38. The van der Waals surface area contributed by atoms with Crippen LogP contribution in [0.2, 0.25) is 0 Å². The molecule has 148 valence electrons. The van der Waals surface area contributed by atoms with Crippen LogP contribution < -0.4 is 25.5 Å². The summed E-state index contributed by atoms with van der Waals surface area (Å²) in [6.45, 7) is 4.37. The summed E-state index contributed by atoms with van der Waals surface area (Å²) < 4.78 is 17.7. The number of allylic oxidation sites excluding steroid dienone is 1. The lowest BCUT2D eigenvalue weighted by Gasteiger charge is -2.35. The van der Waals surface area contributed by atoms with Gasteiger partial charge in [-0.1, -0.05) is 6.08 Å². The van der Waals surface area contributed by atoms with E-state index in [-0.39, 0.29) is 24.8 Å². The van der Waals surface area contributed by atoms with Crippen molar-refractivity contribution in [1.29, 1.82) is 0 Å². The average Bonchev–Trinajstić information content (AvgIpc) is 3.13. The minimum absolute atomic E-state index is 0.0716. The fraction of sp³-hybridized carbons (Fsp3) is 0.368. The predicted octanol–water partition coefficient (Wildman–Crippen LogP) is 0.743. The molecule has 0 radical (unpaired) electrons. The van der Waals surface area contributed by atoms with Crippen molar-refractivity contribution in [3.63, 3.8) is 0 Å². The smallest absolute Gasteiger partial charge is 0.331 e. The maximum atomic E-state index is 12.7. The Labute approximate surface area is 160 Å². The van der Waals surface area contributed by atoms with E-state index in [1.165, 1.54) is 6.08 Å². The molecule has 0 spiro atoms. The highest BCUT2D eigenvalue weighted by Crippen LogP contribution is 2.49. The van der Waals surface area contributed by atoms with E-state index in [2.05, 4.69) is 11.6 Å². The van der Waals surface area contributed by atoms with E-state index in [4.69, 9.17) is 14.2 Å². The van der Waals surface area contributed by atoms with E-state index in [1.807, 2.05) is 18.0 Å². The van der Waals surface area contributed by atoms with E-state index in [1.54, 1.807) is 7.11 Å². The van der Waals surface area contributed by atoms with Crippen LogP contribution in [0.5, 0.6) is 23.1 Å². The van der Waals surface area contributed by atoms with Gasteiger partial charge in [0.05, 0.1) is 18.7 Å². The summed E-state index contributed by atoms with van der Waals surface area (Å²) >= 11 is 0. The number of hydrogen-bond donors (Lipinski definition) is 2. The van der Waals surface area contributed by atoms with E-state index in [0.29, 0.717) is 30.2 Å². The molecular formula is C19H21N3O6. The molecular weight excluding hydrogens is 366 g/mol. The van der Waals surface area contributed by atoms with Crippen molar-refractivity contribution in [2.45, 2.75) is 19.0 Å². The number of aromatic hydroxyl groups is 1. The Morgan fingerprint density at radius 2 is 2.21 bits per heavy atom. The number of rotatable bonds is 4. The van der Waals surface area contributed by atoms with Crippen molar-refractivity contribution in [3.05, 3.63) is 56.2 Å². The molecule has 0 saturated heterocycles. The summed E-state index contributed by atoms with van der Waals surface area (Å²) in [5.74, 6) is 1.25. The van der Waals surface area contributed by atoms with Crippen molar-refractivity contribution in [2.75, 3.05) is 27.5 Å². The molecule has 1 aromatic carbocycles. The zero-order chi connectivity index (χ0) is 20.0. The van der Waals surface area contributed by atoms with Gasteiger partial charge in [-0.05, 0) is 25.1 Å². The SMILES string of the molecule is C=CCn1c(O)c([C@@H]2c3cc4c(c(OC)c3CCN2C)OCO4)c(=O)[nH]c1=O. The zero-order valence-corrected chi connectivity index (χ0v) is 15.7. The van der Waals surface area contributed by atoms with Crippen molar-refractivity contribution in [1.82, 2.24) is 14.5 Å². The van der Waals surface area contributed by atoms with Gasteiger partial charge in [-0.25, -0.2) is 4.79 Å². The summed E-state index contributed by atoms with van der Waals surface area (Å²) in [7, 11) is 3.41. The van der Waals surface area contributed by atoms with Gasteiger partial charge in [0.25, 0.3) is 5.56 Å². The summed E-state index contributed by atoms with van der Waals surface area (Å²) in [5, 5.41) is 10.8. The number of H-pyrrole nitrogens is 1. The first kappa shape index (κ1) is 18.2. The molecule has 9 heteroatoms. The highest BCUT2D eigenvalue weighted by atomic mass is 16.7. The molecule has 4 rings (SSSR count). The Hall–Kier alpha value is -3.20. The van der Waals surface area contributed by atoms with E-state index in [9.17, 15) is 14.7 Å². The average molecular weight is 387 g/mol. The van der Waals surface area contributed by atoms with E-state index >= 15 is 0 Å². The monoisotopic (exact) mass is 387 g/mol. The normalized spacial score (nSPS) is 18.0. The standard InChI is InChI=1S/C19H21N3O6/c1-4-6-22-18(24)13(17(23)20-19(22)25)14-11-8-12-16(28-9-27-12)15(26-3)10(11)5-7-21(14)2/h4,8,14,24H,1,5-7,9H2,2-3H3,(H,20,23,25)/t14-/m0/s1. The highest BCUT2D eigenvalue weighted by molar-refractivity contribution is 5.62. The van der Waals surface area contributed by atoms with Gasteiger partial charge in [0, 0.05) is 18.7 Å². The largest absolute Gasteiger partial charge is 0.494 e. The van der Waals surface area contributed by atoms with Crippen molar-refractivity contribution < 1.29 is 19.3 Å². The number of nitrogens with one attached hydrogen (secondary N) is 1. The number of aromatic amines is 1. The van der Waals surface area contributed by atoms with Crippen LogP contribution in [0.1, 0.15) is 22.7 Å². The first-order valence-electron chi connectivity index (χ1n) is 8.84. The van der Waals surface area contributed by atoms with E-state index in [0.717, 1.165) is 15.7 Å². The lowest BCUT2D eigenvalue weighted by atomic mass is 9.88. The van der Waals surface area contributed by atoms with Gasteiger partial charge in [-0.3, -0.25) is 19.2 Å². The second-order valence-electron chi connectivity index (χ2n) is 6.74. The molecule has 1 aromatic heterocycles. The quantitative estimate of drug-likeness (QED) is 0.746. The number of likely N-dealkylation sites (N-methyl/N-ethyl adjacent to an activating group) is 1. The molecule has 2 aromatic rings. The first-order valence-corrected chi connectivity index (χ1v) is 8.84. The molecule has 0 aliphatic carbocycles. The molecule has 2 N–H and O–H groups in total. The van der Waals surface area contributed by atoms with Gasteiger partial charge in [0.15, 0.2) is 11.5 Å². The number of methoxy groups -OCH3 is 1. The van der Waals surface area contributed by atoms with Gasteiger partial charge in [0.2, 0.25) is 18.4 Å². The highest BCUT2D eigenvalue weighted by Gasteiger charge is 2.37. The third-order valence-corrected chi connectivity index (χ3v) is 5.20. The lowest BCUT2D eigenvalue weighted by molar-refractivity contribution is 0.171. The fourth-order valence-electron chi connectivity index (χ4n) is 3.94. The molecule has 0 amide bonds. The Bertz CT molecular complexity index is 1070. The van der Waals surface area contributed by atoms with Gasteiger partial charge in [-0.15, -0.1) is 6.58 Å². The van der Waals surface area contributed by atoms with Gasteiger partial charge in [-0.2, -0.15) is 0 Å². The third-order valence-electron chi connectivity index (χ3n) is 5.20. The van der Waals surface area contributed by atoms with Crippen LogP contribution in [0.4, 0.5) is 0 Å². The zero-order valence-electron chi connectivity index (χ0n) is 15.7. The van der Waals surface area contributed by atoms with Crippen LogP contribution in [0.3, 0.4) is 0 Å². The number of hydrogen-bond acceptors (Lipinski definition) is 7. The Morgan fingerprint density at radius 3 is 2.93 bits per heavy atom. The lowest BCUT2D eigenvalue weighted by Crippen LogP contribution is -2.40. The minimum atomic E-state index is -0.687. The van der Waals surface area contributed by atoms with Crippen LogP contribution in [0.25, 0.3) is 0 Å². The van der Waals surface area contributed by atoms with Crippen LogP contribution in [-0.4, -0.2) is 47.1 Å². The molecule has 3 heterocycles. The fourth-order valence-corrected chi connectivity index (χ4v) is 3.94.